The molecule has 2 aliphatic rings. The van der Waals surface area contributed by atoms with Crippen molar-refractivity contribution in [2.24, 2.45) is 0 Å². The first-order valence-electron chi connectivity index (χ1n) is 6.68. The molecule has 2 N–H and O–H groups in total. The van der Waals surface area contributed by atoms with Gasteiger partial charge in [0.1, 0.15) is 5.75 Å². The number of rotatable bonds is 1. The first kappa shape index (κ1) is 11.7. The predicted molar refractivity (Wildman–Crippen MR) is 68.6 cm³/mol. The van der Waals surface area contributed by atoms with Crippen LogP contribution in [0.5, 0.6) is 17.2 Å². The monoisotopic (exact) mass is 249 g/mol. The van der Waals surface area contributed by atoms with E-state index in [1.165, 1.54) is 0 Å². The minimum absolute atomic E-state index is 0.315. The number of fused-ring (bicyclic) bond motifs is 1. The molecule has 2 aliphatic heterocycles. The lowest BCUT2D eigenvalue weighted by Gasteiger charge is -2.26. The van der Waals surface area contributed by atoms with Gasteiger partial charge in [-0.3, -0.25) is 0 Å². The zero-order valence-corrected chi connectivity index (χ0v) is 10.4. The summed E-state index contributed by atoms with van der Waals surface area (Å²) >= 11 is 0. The minimum Gasteiger partial charge on any atom is -0.508 e. The van der Waals surface area contributed by atoms with Crippen molar-refractivity contribution < 1.29 is 14.6 Å². The van der Waals surface area contributed by atoms with Crippen LogP contribution in [0.25, 0.3) is 0 Å². The number of phenolic OH excluding ortho intramolecular Hbond substituents is 1. The third kappa shape index (κ3) is 2.12. The summed E-state index contributed by atoms with van der Waals surface area (Å²) in [5.41, 5.74) is 0.918. The molecule has 0 radical (unpaired) electrons. The van der Waals surface area contributed by atoms with Gasteiger partial charge in [0.2, 0.25) is 0 Å². The van der Waals surface area contributed by atoms with E-state index in [9.17, 15) is 5.11 Å². The molecule has 1 saturated heterocycles. The Hall–Kier alpha value is -1.42. The van der Waals surface area contributed by atoms with Crippen molar-refractivity contribution in [3.8, 4) is 17.2 Å². The fourth-order valence-corrected chi connectivity index (χ4v) is 2.74. The smallest absolute Gasteiger partial charge is 0.168 e. The highest BCUT2D eigenvalue weighted by atomic mass is 16.5. The second kappa shape index (κ2) is 5.06. The molecule has 2 heterocycles. The summed E-state index contributed by atoms with van der Waals surface area (Å²) in [6.07, 6.45) is 3.10. The molecule has 1 aromatic rings. The zero-order chi connectivity index (χ0) is 12.4. The number of hydrogen-bond acceptors (Lipinski definition) is 4. The summed E-state index contributed by atoms with van der Waals surface area (Å²) < 4.78 is 11.5. The molecule has 0 aliphatic carbocycles. The molecule has 18 heavy (non-hydrogen) atoms. The van der Waals surface area contributed by atoms with Crippen molar-refractivity contribution in [3.63, 3.8) is 0 Å². The average molecular weight is 249 g/mol. The Bertz CT molecular complexity index is 427. The van der Waals surface area contributed by atoms with E-state index in [0.717, 1.165) is 49.4 Å². The maximum Gasteiger partial charge on any atom is 0.168 e. The third-order valence-corrected chi connectivity index (χ3v) is 3.63. The highest BCUT2D eigenvalue weighted by Gasteiger charge is 2.26. The van der Waals surface area contributed by atoms with Gasteiger partial charge in [-0.2, -0.15) is 0 Å². The van der Waals surface area contributed by atoms with Gasteiger partial charge in [0, 0.05) is 24.4 Å². The highest BCUT2D eigenvalue weighted by Crippen LogP contribution is 2.44. The van der Waals surface area contributed by atoms with E-state index >= 15 is 0 Å². The fraction of sp³-hybridized carbons (Fsp3) is 0.571. The Labute approximate surface area is 107 Å². The second-order valence-electron chi connectivity index (χ2n) is 4.92. The normalized spacial score (nSPS) is 23.4. The maximum absolute atomic E-state index is 10.1. The molecule has 3 rings (SSSR count). The lowest BCUT2D eigenvalue weighted by atomic mass is 9.90. The summed E-state index contributed by atoms with van der Waals surface area (Å²) in [7, 11) is 0. The quantitative estimate of drug-likeness (QED) is 0.799. The first-order valence-corrected chi connectivity index (χ1v) is 6.68. The molecule has 0 bridgehead atoms. The minimum atomic E-state index is 0.315. The topological polar surface area (TPSA) is 50.7 Å². The standard InChI is InChI=1S/C14H19NO3/c16-11-4-5-12-14(18-8-2-7-17-12)13(11)10-3-1-6-15-9-10/h4-5,10,15-16H,1-3,6-9H2. The Morgan fingerprint density at radius 2 is 2.06 bits per heavy atom. The number of aromatic hydroxyl groups is 1. The maximum atomic E-state index is 10.1. The number of piperidine rings is 1. The van der Waals surface area contributed by atoms with Gasteiger partial charge >= 0.3 is 0 Å². The Morgan fingerprint density at radius 3 is 2.89 bits per heavy atom. The van der Waals surface area contributed by atoms with Crippen molar-refractivity contribution in [2.45, 2.75) is 25.2 Å². The van der Waals surface area contributed by atoms with Crippen LogP contribution in [0.1, 0.15) is 30.7 Å². The molecular weight excluding hydrogens is 230 g/mol. The summed E-state index contributed by atoms with van der Waals surface area (Å²) in [5.74, 6) is 2.16. The van der Waals surface area contributed by atoms with Crippen LogP contribution in [0.15, 0.2) is 12.1 Å². The van der Waals surface area contributed by atoms with Crippen LogP contribution in [-0.2, 0) is 0 Å². The predicted octanol–water partition coefficient (Wildman–Crippen LogP) is 2.02. The number of nitrogens with one attached hydrogen (secondary N) is 1. The lowest BCUT2D eigenvalue weighted by Crippen LogP contribution is -2.28. The van der Waals surface area contributed by atoms with Gasteiger partial charge < -0.3 is 19.9 Å². The van der Waals surface area contributed by atoms with Gasteiger partial charge in [0.15, 0.2) is 11.5 Å². The van der Waals surface area contributed by atoms with Crippen LogP contribution in [0, 0.1) is 0 Å². The molecule has 0 aromatic heterocycles. The third-order valence-electron chi connectivity index (χ3n) is 3.63. The molecule has 1 atom stereocenters. The summed E-state index contributed by atoms with van der Waals surface area (Å²) in [6.45, 7) is 3.29. The Morgan fingerprint density at radius 1 is 1.17 bits per heavy atom. The molecule has 1 unspecified atom stereocenters. The number of hydrogen-bond donors (Lipinski definition) is 2. The van der Waals surface area contributed by atoms with Crippen LogP contribution < -0.4 is 14.8 Å². The van der Waals surface area contributed by atoms with E-state index in [4.69, 9.17) is 9.47 Å². The van der Waals surface area contributed by atoms with Gasteiger partial charge in [-0.1, -0.05) is 0 Å². The van der Waals surface area contributed by atoms with E-state index in [1.54, 1.807) is 12.1 Å². The number of phenols is 1. The van der Waals surface area contributed by atoms with Gasteiger partial charge in [0.05, 0.1) is 13.2 Å². The SMILES string of the molecule is Oc1ccc2c(c1C1CCCNC1)OCCCO2. The molecular formula is C14H19NO3. The summed E-state index contributed by atoms with van der Waals surface area (Å²) in [5, 5.41) is 13.5. The van der Waals surface area contributed by atoms with Gasteiger partial charge in [-0.25, -0.2) is 0 Å². The van der Waals surface area contributed by atoms with Crippen molar-refractivity contribution in [1.29, 1.82) is 0 Å². The van der Waals surface area contributed by atoms with Crippen LogP contribution in [0.4, 0.5) is 0 Å². The van der Waals surface area contributed by atoms with Crippen LogP contribution in [0.2, 0.25) is 0 Å². The summed E-state index contributed by atoms with van der Waals surface area (Å²) in [6, 6.07) is 3.52. The van der Waals surface area contributed by atoms with E-state index in [2.05, 4.69) is 5.32 Å². The number of benzene rings is 1. The van der Waals surface area contributed by atoms with Gasteiger partial charge in [-0.15, -0.1) is 0 Å². The molecule has 1 fully saturated rings. The number of ether oxygens (including phenoxy) is 2. The Balaban J connectivity index is 2.00. The molecule has 1 aromatic carbocycles. The van der Waals surface area contributed by atoms with E-state index in [0.29, 0.717) is 24.9 Å². The largest absolute Gasteiger partial charge is 0.508 e. The summed E-state index contributed by atoms with van der Waals surface area (Å²) in [4.78, 5) is 0. The molecule has 0 saturated carbocycles. The Kier molecular flexibility index (Phi) is 3.28. The van der Waals surface area contributed by atoms with Crippen LogP contribution >= 0.6 is 0 Å². The zero-order valence-electron chi connectivity index (χ0n) is 10.4. The van der Waals surface area contributed by atoms with Crippen LogP contribution in [-0.4, -0.2) is 31.4 Å². The second-order valence-corrected chi connectivity index (χ2v) is 4.92. The van der Waals surface area contributed by atoms with Crippen molar-refractivity contribution in [3.05, 3.63) is 17.7 Å². The molecule has 0 amide bonds. The molecule has 4 heteroatoms. The molecule has 98 valence electrons. The fourth-order valence-electron chi connectivity index (χ4n) is 2.74. The van der Waals surface area contributed by atoms with Gasteiger partial charge in [-0.05, 0) is 31.5 Å². The first-order chi connectivity index (χ1) is 8.86. The van der Waals surface area contributed by atoms with E-state index in [-0.39, 0.29) is 0 Å². The van der Waals surface area contributed by atoms with Crippen molar-refractivity contribution >= 4 is 0 Å². The lowest BCUT2D eigenvalue weighted by molar-refractivity contribution is 0.294. The van der Waals surface area contributed by atoms with E-state index < -0.39 is 0 Å². The van der Waals surface area contributed by atoms with E-state index in [1.807, 2.05) is 0 Å². The molecule has 4 nitrogen and oxygen atoms in total. The highest BCUT2D eigenvalue weighted by molar-refractivity contribution is 5.55. The average Bonchev–Trinajstić information content (AvgIpc) is 2.65. The van der Waals surface area contributed by atoms with Crippen molar-refractivity contribution in [2.75, 3.05) is 26.3 Å². The van der Waals surface area contributed by atoms with Crippen LogP contribution in [0.3, 0.4) is 0 Å². The van der Waals surface area contributed by atoms with Gasteiger partial charge in [0.25, 0.3) is 0 Å². The molecule has 0 spiro atoms. The van der Waals surface area contributed by atoms with Crippen molar-refractivity contribution in [1.82, 2.24) is 5.32 Å².